The molecular weight excluding hydrogens is 448 g/mol. The fourth-order valence-corrected chi connectivity index (χ4v) is 4.62. The first-order chi connectivity index (χ1) is 15.8. The van der Waals surface area contributed by atoms with Crippen molar-refractivity contribution in [3.05, 3.63) is 58.5 Å². The van der Waals surface area contributed by atoms with Crippen LogP contribution in [0.4, 0.5) is 0 Å². The van der Waals surface area contributed by atoms with E-state index in [2.05, 4.69) is 19.4 Å². The van der Waals surface area contributed by atoms with Gasteiger partial charge in [-0.25, -0.2) is 4.98 Å². The van der Waals surface area contributed by atoms with Gasteiger partial charge in [-0.1, -0.05) is 18.2 Å². The summed E-state index contributed by atoms with van der Waals surface area (Å²) in [5.41, 5.74) is 0.601. The van der Waals surface area contributed by atoms with E-state index in [1.807, 2.05) is 6.26 Å². The molecule has 0 fully saturated rings. The van der Waals surface area contributed by atoms with E-state index in [1.165, 1.54) is 20.4 Å². The molecule has 33 heavy (non-hydrogen) atoms. The Morgan fingerprint density at radius 1 is 1.12 bits per heavy atom. The fourth-order valence-electron chi connectivity index (χ4n) is 3.29. The van der Waals surface area contributed by atoms with Gasteiger partial charge in [0.2, 0.25) is 4.90 Å². The Morgan fingerprint density at radius 3 is 2.42 bits per heavy atom. The van der Waals surface area contributed by atoms with Crippen molar-refractivity contribution in [1.29, 1.82) is 0 Å². The molecule has 10 heteroatoms. The van der Waals surface area contributed by atoms with Crippen LogP contribution in [-0.2, 0) is 36.4 Å². The number of H-pyrrole nitrogens is 1. The molecule has 1 N–H and O–H groups in total. The number of carbonyl (C=O) groups excluding carboxylic acids is 2. The van der Waals surface area contributed by atoms with Crippen LogP contribution in [0.2, 0.25) is 0 Å². The topological polar surface area (TPSA) is 131 Å². The number of hydrogen-bond donors (Lipinski definition) is 1. The van der Waals surface area contributed by atoms with Crippen molar-refractivity contribution in [1.82, 2.24) is 9.97 Å². The van der Waals surface area contributed by atoms with Gasteiger partial charge in [0.25, 0.3) is 0 Å². The second kappa shape index (κ2) is 10.9. The van der Waals surface area contributed by atoms with Gasteiger partial charge in [-0.3, -0.25) is 14.4 Å². The van der Waals surface area contributed by atoms with E-state index >= 15 is 0 Å². The molecule has 0 bridgehead atoms. The molecule has 0 spiro atoms. The molecule has 1 aromatic carbocycles. The van der Waals surface area contributed by atoms with Crippen molar-refractivity contribution in [2.45, 2.75) is 11.3 Å². The number of pyridine rings is 2. The van der Waals surface area contributed by atoms with Crippen LogP contribution in [0.25, 0.3) is 11.0 Å². The lowest BCUT2D eigenvalue weighted by Crippen LogP contribution is -2.28. The molecule has 0 aliphatic rings. The number of methoxy groups -OCH3 is 2. The van der Waals surface area contributed by atoms with Crippen LogP contribution in [0.1, 0.15) is 5.56 Å². The van der Waals surface area contributed by atoms with Gasteiger partial charge < -0.3 is 24.3 Å². The van der Waals surface area contributed by atoms with E-state index in [0.717, 1.165) is 5.56 Å². The molecule has 0 saturated carbocycles. The molecule has 1 atom stereocenters. The Kier molecular flexibility index (Phi) is 7.94. The number of aromatic nitrogens is 2. The van der Waals surface area contributed by atoms with E-state index in [1.54, 1.807) is 36.4 Å². The van der Waals surface area contributed by atoms with Crippen molar-refractivity contribution in [3.8, 4) is 11.5 Å². The molecule has 3 rings (SSSR count). The third-order valence-electron chi connectivity index (χ3n) is 5.04. The molecule has 0 amide bonds. The molecule has 0 saturated heterocycles. The van der Waals surface area contributed by atoms with Gasteiger partial charge in [0.05, 0.1) is 14.2 Å². The summed E-state index contributed by atoms with van der Waals surface area (Å²) in [7, 11) is 1.81. The van der Waals surface area contributed by atoms with E-state index < -0.39 is 34.3 Å². The second-order valence-electron chi connectivity index (χ2n) is 7.15. The molecule has 0 aliphatic heterocycles. The first kappa shape index (κ1) is 24.1. The van der Waals surface area contributed by atoms with E-state index in [-0.39, 0.29) is 22.7 Å². The lowest BCUT2D eigenvalue weighted by Gasteiger charge is -2.14. The van der Waals surface area contributed by atoms with Crippen LogP contribution in [0, 0.1) is 5.92 Å². The third-order valence-corrected chi connectivity index (χ3v) is 6.88. The second-order valence-corrected chi connectivity index (χ2v) is 9.24. The average molecular weight is 473 g/mol. The van der Waals surface area contributed by atoms with Crippen molar-refractivity contribution < 1.29 is 28.9 Å². The van der Waals surface area contributed by atoms with Crippen molar-refractivity contribution >= 4 is 33.9 Å². The summed E-state index contributed by atoms with van der Waals surface area (Å²) in [6.45, 7) is 0.301. The normalized spacial score (nSPS) is 11.9. The number of nitrogens with one attached hydrogen (secondary N) is 1. The number of esters is 2. The summed E-state index contributed by atoms with van der Waals surface area (Å²) >= 11 is 0. The Hall–Kier alpha value is -3.53. The van der Waals surface area contributed by atoms with Crippen LogP contribution in [0.15, 0.2) is 52.3 Å². The average Bonchev–Trinajstić information content (AvgIpc) is 2.82. The molecule has 1 unspecified atom stereocenters. The Bertz CT molecular complexity index is 1180. The number of rotatable bonds is 9. The predicted octanol–water partition coefficient (Wildman–Crippen LogP) is 1.19. The minimum atomic E-state index is -1.04. The van der Waals surface area contributed by atoms with E-state index in [9.17, 15) is 19.5 Å². The highest BCUT2D eigenvalue weighted by Crippen LogP contribution is 2.25. The summed E-state index contributed by atoms with van der Waals surface area (Å²) in [5, 5.41) is 13.1. The van der Waals surface area contributed by atoms with Crippen LogP contribution in [-0.4, -0.2) is 54.7 Å². The van der Waals surface area contributed by atoms with Crippen LogP contribution in [0.3, 0.4) is 0 Å². The van der Waals surface area contributed by atoms with Gasteiger partial charge in [0.1, 0.15) is 30.0 Å². The summed E-state index contributed by atoms with van der Waals surface area (Å²) in [6, 6.07) is 10.2. The Morgan fingerprint density at radius 2 is 1.79 bits per heavy atom. The zero-order valence-electron chi connectivity index (χ0n) is 18.5. The number of fused-ring (bicyclic) bond motifs is 1. The highest BCUT2D eigenvalue weighted by Gasteiger charge is 2.29. The number of carbonyl (C=O) groups is 2. The molecule has 2 heterocycles. The van der Waals surface area contributed by atoms with Crippen molar-refractivity contribution in [2.75, 3.05) is 32.8 Å². The van der Waals surface area contributed by atoms with Crippen LogP contribution < -0.4 is 15.4 Å². The third kappa shape index (κ3) is 5.64. The number of hydrogen-bond acceptors (Lipinski definition) is 8. The van der Waals surface area contributed by atoms with Gasteiger partial charge in [-0.05, 0) is 35.9 Å². The summed E-state index contributed by atoms with van der Waals surface area (Å²) in [6.07, 6.45) is 3.50. The number of benzene rings is 1. The lowest BCUT2D eigenvalue weighted by atomic mass is 9.99. The summed E-state index contributed by atoms with van der Waals surface area (Å²) in [4.78, 5) is 43.0. The van der Waals surface area contributed by atoms with Crippen LogP contribution in [0.5, 0.6) is 11.5 Å². The molecule has 0 aliphatic carbocycles. The van der Waals surface area contributed by atoms with Gasteiger partial charge in [-0.15, -0.1) is 0 Å². The zero-order valence-corrected chi connectivity index (χ0v) is 19.3. The number of ether oxygens (including phenoxy) is 3. The number of aromatic amines is 1. The van der Waals surface area contributed by atoms with Gasteiger partial charge in [0, 0.05) is 22.5 Å². The van der Waals surface area contributed by atoms with E-state index in [0.29, 0.717) is 23.5 Å². The molecule has 9 nitrogen and oxygen atoms in total. The lowest BCUT2D eigenvalue weighted by molar-refractivity contribution is -0.270. The highest BCUT2D eigenvalue weighted by atomic mass is 32.2. The Balaban J connectivity index is 1.61. The van der Waals surface area contributed by atoms with E-state index in [4.69, 9.17) is 4.74 Å². The summed E-state index contributed by atoms with van der Waals surface area (Å²) < 4.78 is 15.1. The maximum absolute atomic E-state index is 12.7. The summed E-state index contributed by atoms with van der Waals surface area (Å²) in [5.74, 6) is -1.59. The molecule has 3 aromatic rings. The smallest absolute Gasteiger partial charge is 0.320 e. The SMILES string of the molecule is COC(=O)C(Cc1ccc(OCC[S+](C)c2c([O-])c3cccnc3[nH]c2=O)cc1)C(=O)OC. The minimum Gasteiger partial charge on any atom is -0.868 e. The first-order valence-corrected chi connectivity index (χ1v) is 11.8. The predicted molar refractivity (Wildman–Crippen MR) is 121 cm³/mol. The molecule has 174 valence electrons. The largest absolute Gasteiger partial charge is 0.868 e. The highest BCUT2D eigenvalue weighted by molar-refractivity contribution is 7.96. The number of nitrogens with zero attached hydrogens (tertiary/aromatic N) is 1. The Labute approximate surface area is 193 Å². The van der Waals surface area contributed by atoms with Crippen molar-refractivity contribution in [3.63, 3.8) is 0 Å². The standard InChI is InChI=1S/C23H24N2O7S/c1-30-22(28)17(23(29)31-2)13-14-6-8-15(9-7-14)32-11-12-33(3)19-18(26)16-5-4-10-24-20(16)25-21(19)27/h4-10,17H,11-13H2,1-3H3,(H-,24,25,26,27). The molecule has 2 aromatic heterocycles. The quantitative estimate of drug-likeness (QED) is 0.279. The van der Waals surface area contributed by atoms with Gasteiger partial charge >= 0.3 is 17.5 Å². The van der Waals surface area contributed by atoms with Crippen molar-refractivity contribution in [2.24, 2.45) is 5.92 Å². The molecular formula is C23H24N2O7S. The maximum Gasteiger partial charge on any atom is 0.320 e. The maximum atomic E-state index is 12.7. The minimum absolute atomic E-state index is 0.143. The van der Waals surface area contributed by atoms with Gasteiger partial charge in [0.15, 0.2) is 5.92 Å². The monoisotopic (exact) mass is 472 g/mol. The zero-order chi connectivity index (χ0) is 24.0. The first-order valence-electron chi connectivity index (χ1n) is 10.0. The van der Waals surface area contributed by atoms with Crippen LogP contribution >= 0.6 is 0 Å². The van der Waals surface area contributed by atoms with Gasteiger partial charge in [-0.2, -0.15) is 0 Å². The molecule has 0 radical (unpaired) electrons. The fraction of sp³-hybridized carbons (Fsp3) is 0.304.